The summed E-state index contributed by atoms with van der Waals surface area (Å²) in [7, 11) is 1.61. The highest BCUT2D eigenvalue weighted by Gasteiger charge is 2.12. The van der Waals surface area contributed by atoms with E-state index in [1.54, 1.807) is 19.2 Å². The molecule has 0 aromatic heterocycles. The lowest BCUT2D eigenvalue weighted by Crippen LogP contribution is -2.26. The number of benzene rings is 2. The minimum absolute atomic E-state index is 0.176. The van der Waals surface area contributed by atoms with E-state index < -0.39 is 0 Å². The molecule has 0 bridgehead atoms. The molecule has 110 valence electrons. The van der Waals surface area contributed by atoms with Crippen molar-refractivity contribution in [2.24, 2.45) is 0 Å². The number of hydrogen-bond acceptors (Lipinski definition) is 4. The van der Waals surface area contributed by atoms with Crippen LogP contribution < -0.4 is 15.8 Å². The Morgan fingerprint density at radius 2 is 2.00 bits per heavy atom. The fraction of sp³-hybridized carbons (Fsp3) is 0.188. The molecule has 0 saturated carbocycles. The monoisotopic (exact) mass is 286 g/mol. The number of amides is 1. The zero-order chi connectivity index (χ0) is 15.2. The van der Waals surface area contributed by atoms with Gasteiger partial charge in [0.1, 0.15) is 5.75 Å². The third kappa shape index (κ3) is 3.45. The van der Waals surface area contributed by atoms with Crippen LogP contribution in [0.4, 0.5) is 5.69 Å². The Bertz CT molecular complexity index is 641. The minimum atomic E-state index is -0.352. The lowest BCUT2D eigenvalue weighted by Gasteiger charge is -2.10. The zero-order valence-corrected chi connectivity index (χ0v) is 11.8. The summed E-state index contributed by atoms with van der Waals surface area (Å²) in [4.78, 5) is 12.0. The van der Waals surface area contributed by atoms with Gasteiger partial charge in [0.2, 0.25) is 0 Å². The normalized spacial score (nSPS) is 10.1. The Morgan fingerprint density at radius 1 is 1.24 bits per heavy atom. The second-order valence-electron chi connectivity index (χ2n) is 4.56. The average molecular weight is 286 g/mol. The minimum Gasteiger partial charge on any atom is -0.505 e. The summed E-state index contributed by atoms with van der Waals surface area (Å²) in [5.41, 5.74) is 6.94. The Balaban J connectivity index is 1.97. The topological polar surface area (TPSA) is 84.6 Å². The highest BCUT2D eigenvalue weighted by atomic mass is 16.5. The number of phenolic OH excluding ortho intramolecular Hbond substituents is 1. The first-order valence-corrected chi connectivity index (χ1v) is 6.61. The number of rotatable bonds is 5. The van der Waals surface area contributed by atoms with Gasteiger partial charge in [-0.05, 0) is 30.2 Å². The lowest BCUT2D eigenvalue weighted by molar-refractivity contribution is 0.0951. The van der Waals surface area contributed by atoms with E-state index >= 15 is 0 Å². The van der Waals surface area contributed by atoms with Gasteiger partial charge in [-0.25, -0.2) is 0 Å². The van der Waals surface area contributed by atoms with Crippen molar-refractivity contribution >= 4 is 11.6 Å². The molecule has 0 aliphatic heterocycles. The van der Waals surface area contributed by atoms with E-state index in [0.29, 0.717) is 13.0 Å². The number of anilines is 1. The van der Waals surface area contributed by atoms with Gasteiger partial charge in [-0.3, -0.25) is 4.79 Å². The molecule has 0 aliphatic rings. The molecule has 0 saturated heterocycles. The SMILES string of the molecule is COc1ccccc1CCNC(=O)c1cccc(N)c1O. The Morgan fingerprint density at radius 3 is 2.76 bits per heavy atom. The first kappa shape index (κ1) is 14.7. The molecule has 2 aromatic rings. The highest BCUT2D eigenvalue weighted by molar-refractivity contribution is 5.98. The van der Waals surface area contributed by atoms with E-state index in [1.165, 1.54) is 6.07 Å². The van der Waals surface area contributed by atoms with Crippen molar-refractivity contribution in [3.8, 4) is 11.5 Å². The summed E-state index contributed by atoms with van der Waals surface area (Å²) in [6.07, 6.45) is 0.638. The molecule has 0 radical (unpaired) electrons. The van der Waals surface area contributed by atoms with Crippen molar-refractivity contribution < 1.29 is 14.6 Å². The van der Waals surface area contributed by atoms with E-state index in [9.17, 15) is 9.90 Å². The number of para-hydroxylation sites is 2. The first-order chi connectivity index (χ1) is 10.1. The van der Waals surface area contributed by atoms with E-state index in [1.807, 2.05) is 24.3 Å². The van der Waals surface area contributed by atoms with Gasteiger partial charge in [0.05, 0.1) is 18.4 Å². The molecular weight excluding hydrogens is 268 g/mol. The molecule has 0 spiro atoms. The summed E-state index contributed by atoms with van der Waals surface area (Å²) < 4.78 is 5.25. The predicted octanol–water partition coefficient (Wildman–Crippen LogP) is 1.96. The van der Waals surface area contributed by atoms with Crippen molar-refractivity contribution in [3.05, 3.63) is 53.6 Å². The highest BCUT2D eigenvalue weighted by Crippen LogP contribution is 2.24. The first-order valence-electron chi connectivity index (χ1n) is 6.61. The van der Waals surface area contributed by atoms with Gasteiger partial charge in [0, 0.05) is 6.54 Å². The standard InChI is InChI=1S/C16H18N2O3/c1-21-14-8-3-2-5-11(14)9-10-18-16(20)12-6-4-7-13(17)15(12)19/h2-8,19H,9-10,17H2,1H3,(H,18,20). The lowest BCUT2D eigenvalue weighted by atomic mass is 10.1. The van der Waals surface area contributed by atoms with Crippen LogP contribution in [0.1, 0.15) is 15.9 Å². The van der Waals surface area contributed by atoms with Gasteiger partial charge in [-0.2, -0.15) is 0 Å². The van der Waals surface area contributed by atoms with Crippen LogP contribution in [0.3, 0.4) is 0 Å². The molecular formula is C16H18N2O3. The maximum atomic E-state index is 12.0. The Kier molecular flexibility index (Phi) is 4.66. The Hall–Kier alpha value is -2.69. The molecule has 0 atom stereocenters. The van der Waals surface area contributed by atoms with Gasteiger partial charge in [0.25, 0.3) is 5.91 Å². The van der Waals surface area contributed by atoms with Crippen molar-refractivity contribution in [1.82, 2.24) is 5.32 Å². The van der Waals surface area contributed by atoms with Crippen molar-refractivity contribution in [2.75, 3.05) is 19.4 Å². The van der Waals surface area contributed by atoms with Gasteiger partial charge in [-0.1, -0.05) is 24.3 Å². The maximum absolute atomic E-state index is 12.0. The van der Waals surface area contributed by atoms with Crippen LogP contribution >= 0.6 is 0 Å². The summed E-state index contributed by atoms with van der Waals surface area (Å²) in [5.74, 6) is 0.251. The molecule has 1 amide bonds. The molecule has 0 fully saturated rings. The van der Waals surface area contributed by atoms with Gasteiger partial charge >= 0.3 is 0 Å². The summed E-state index contributed by atoms with van der Waals surface area (Å²) >= 11 is 0. The molecule has 2 rings (SSSR count). The zero-order valence-electron chi connectivity index (χ0n) is 11.8. The molecule has 5 nitrogen and oxygen atoms in total. The third-order valence-corrected chi connectivity index (χ3v) is 3.18. The molecule has 0 heterocycles. The maximum Gasteiger partial charge on any atom is 0.255 e. The van der Waals surface area contributed by atoms with Crippen LogP contribution in [0.25, 0.3) is 0 Å². The average Bonchev–Trinajstić information content (AvgIpc) is 2.50. The third-order valence-electron chi connectivity index (χ3n) is 3.18. The van der Waals surface area contributed by atoms with Crippen molar-refractivity contribution in [3.63, 3.8) is 0 Å². The van der Waals surface area contributed by atoms with Gasteiger partial charge in [-0.15, -0.1) is 0 Å². The van der Waals surface area contributed by atoms with Gasteiger partial charge < -0.3 is 20.9 Å². The number of carbonyl (C=O) groups excluding carboxylic acids is 1. The molecule has 0 aliphatic carbocycles. The number of nitrogen functional groups attached to an aromatic ring is 1. The summed E-state index contributed by atoms with van der Waals surface area (Å²) in [6, 6.07) is 12.3. The number of nitrogens with one attached hydrogen (secondary N) is 1. The van der Waals surface area contributed by atoms with Crippen LogP contribution in [0.2, 0.25) is 0 Å². The second-order valence-corrected chi connectivity index (χ2v) is 4.56. The van der Waals surface area contributed by atoms with E-state index in [0.717, 1.165) is 11.3 Å². The number of carbonyl (C=O) groups is 1. The van der Waals surface area contributed by atoms with Crippen LogP contribution in [0, 0.1) is 0 Å². The summed E-state index contributed by atoms with van der Waals surface area (Å²) in [5, 5.41) is 12.5. The fourth-order valence-corrected chi connectivity index (χ4v) is 2.06. The van der Waals surface area contributed by atoms with Crippen molar-refractivity contribution in [1.29, 1.82) is 0 Å². The number of methoxy groups -OCH3 is 1. The molecule has 5 heteroatoms. The number of nitrogens with two attached hydrogens (primary N) is 1. The van der Waals surface area contributed by atoms with E-state index in [-0.39, 0.29) is 22.9 Å². The molecule has 21 heavy (non-hydrogen) atoms. The molecule has 2 aromatic carbocycles. The quantitative estimate of drug-likeness (QED) is 0.579. The van der Waals surface area contributed by atoms with Crippen LogP contribution in [0.5, 0.6) is 11.5 Å². The van der Waals surface area contributed by atoms with Crippen LogP contribution in [0.15, 0.2) is 42.5 Å². The van der Waals surface area contributed by atoms with Crippen LogP contribution in [-0.2, 0) is 6.42 Å². The molecule has 0 unspecified atom stereocenters. The largest absolute Gasteiger partial charge is 0.505 e. The van der Waals surface area contributed by atoms with Gasteiger partial charge in [0.15, 0.2) is 5.75 Å². The van der Waals surface area contributed by atoms with E-state index in [4.69, 9.17) is 10.5 Å². The van der Waals surface area contributed by atoms with Crippen molar-refractivity contribution in [2.45, 2.75) is 6.42 Å². The summed E-state index contributed by atoms with van der Waals surface area (Å²) in [6.45, 7) is 0.438. The molecule has 4 N–H and O–H groups in total. The van der Waals surface area contributed by atoms with Crippen LogP contribution in [-0.4, -0.2) is 24.7 Å². The number of aromatic hydroxyl groups is 1. The second kappa shape index (κ2) is 6.65. The number of hydrogen-bond donors (Lipinski definition) is 3. The fourth-order valence-electron chi connectivity index (χ4n) is 2.06. The number of phenols is 1. The number of ether oxygens (including phenoxy) is 1. The predicted molar refractivity (Wildman–Crippen MR) is 81.6 cm³/mol. The Labute approximate surface area is 123 Å². The smallest absolute Gasteiger partial charge is 0.255 e. The van der Waals surface area contributed by atoms with E-state index in [2.05, 4.69) is 5.32 Å².